The van der Waals surface area contributed by atoms with E-state index in [1.165, 1.54) is 18.9 Å². The predicted octanol–water partition coefficient (Wildman–Crippen LogP) is 5.92. The highest BCUT2D eigenvalue weighted by molar-refractivity contribution is 8.26. The number of pyridine rings is 1. The monoisotopic (exact) mass is 699 g/mol. The largest absolute Gasteiger partial charge is 0.493 e. The van der Waals surface area contributed by atoms with Gasteiger partial charge in [-0.25, -0.2) is 0 Å². The normalized spacial score (nSPS) is 16.0. The van der Waals surface area contributed by atoms with Crippen LogP contribution in [0.5, 0.6) is 17.2 Å². The van der Waals surface area contributed by atoms with Crippen molar-refractivity contribution in [1.29, 1.82) is 0 Å². The highest BCUT2D eigenvalue weighted by Crippen LogP contribution is 2.36. The number of carbonyl (C=O) groups is 2. The topological polar surface area (TPSA) is 111 Å². The van der Waals surface area contributed by atoms with Crippen molar-refractivity contribution in [1.82, 2.24) is 14.8 Å². The molecule has 12 heteroatoms. The van der Waals surface area contributed by atoms with Crippen molar-refractivity contribution >= 4 is 57.2 Å². The molecule has 3 heterocycles. The summed E-state index contributed by atoms with van der Waals surface area (Å²) in [4.78, 5) is 33.7. The van der Waals surface area contributed by atoms with Crippen molar-refractivity contribution in [2.24, 2.45) is 0 Å². The lowest BCUT2D eigenvalue weighted by Crippen LogP contribution is -2.38. The lowest BCUT2D eigenvalue weighted by atomic mass is 10.0. The number of aromatic nitrogens is 1. The maximum Gasteiger partial charge on any atom is 0.307 e. The van der Waals surface area contributed by atoms with Crippen LogP contribution in [0.3, 0.4) is 0 Å². The number of morpholine rings is 1. The van der Waals surface area contributed by atoms with Crippen LogP contribution in [0.4, 0.5) is 0 Å². The predicted molar refractivity (Wildman–Crippen MR) is 194 cm³/mol. The Kier molecular flexibility index (Phi) is 11.4. The molecule has 2 aliphatic rings. The summed E-state index contributed by atoms with van der Waals surface area (Å²) in [6.45, 7) is 5.15. The van der Waals surface area contributed by atoms with Crippen LogP contribution in [0.15, 0.2) is 77.8 Å². The number of ether oxygens (including phenoxy) is 4. The molecule has 2 fully saturated rings. The molecule has 1 aromatic heterocycles. The third kappa shape index (κ3) is 8.76. The highest BCUT2D eigenvalue weighted by Gasteiger charge is 2.32. The summed E-state index contributed by atoms with van der Waals surface area (Å²) >= 11 is 6.90. The Labute approximate surface area is 294 Å². The molecule has 1 amide bonds. The van der Waals surface area contributed by atoms with E-state index in [9.17, 15) is 9.59 Å². The first-order chi connectivity index (χ1) is 23.9. The quantitative estimate of drug-likeness (QED) is 0.0963. The molecule has 0 unspecified atom stereocenters. The fraction of sp³-hybridized carbons (Fsp3) is 0.297. The molecule has 10 nitrogen and oxygen atoms in total. The minimum Gasteiger partial charge on any atom is -0.493 e. The summed E-state index contributed by atoms with van der Waals surface area (Å²) in [7, 11) is 1.53. The summed E-state index contributed by atoms with van der Waals surface area (Å²) in [5, 5.41) is 10.2. The second-order valence-electron chi connectivity index (χ2n) is 11.6. The van der Waals surface area contributed by atoms with Gasteiger partial charge in [0.25, 0.3) is 5.91 Å². The number of hydrogen-bond acceptors (Lipinski definition) is 10. The number of carboxylic acids is 1. The molecule has 0 aliphatic carbocycles. The summed E-state index contributed by atoms with van der Waals surface area (Å²) in [6, 6.07) is 21.2. The zero-order valence-electron chi connectivity index (χ0n) is 27.1. The number of fused-ring (bicyclic) bond motifs is 1. The van der Waals surface area contributed by atoms with E-state index in [0.29, 0.717) is 51.6 Å². The number of nitrogens with zero attached hydrogens (tertiary/aromatic N) is 3. The van der Waals surface area contributed by atoms with Crippen LogP contribution in [0.1, 0.15) is 17.5 Å². The van der Waals surface area contributed by atoms with Gasteiger partial charge < -0.3 is 24.1 Å². The van der Waals surface area contributed by atoms with Gasteiger partial charge in [-0.3, -0.25) is 24.4 Å². The number of thiocarbonyl (C=S) groups is 1. The third-order valence-corrected chi connectivity index (χ3v) is 9.62. The van der Waals surface area contributed by atoms with Crippen molar-refractivity contribution < 1.29 is 33.6 Å². The Balaban J connectivity index is 1.16. The molecule has 49 heavy (non-hydrogen) atoms. The number of rotatable bonds is 14. The second kappa shape index (κ2) is 16.3. The van der Waals surface area contributed by atoms with Gasteiger partial charge in [0, 0.05) is 43.3 Å². The molecule has 2 aliphatic heterocycles. The number of methoxy groups -OCH3 is 1. The fourth-order valence-corrected chi connectivity index (χ4v) is 6.99. The molecule has 0 spiro atoms. The molecule has 0 atom stereocenters. The Hall–Kier alpha value is -4.49. The molecule has 0 radical (unpaired) electrons. The van der Waals surface area contributed by atoms with Gasteiger partial charge in [-0.2, -0.15) is 0 Å². The molecule has 3 aromatic carbocycles. The average Bonchev–Trinajstić information content (AvgIpc) is 3.38. The van der Waals surface area contributed by atoms with Crippen LogP contribution in [0.2, 0.25) is 0 Å². The van der Waals surface area contributed by atoms with Crippen LogP contribution in [-0.4, -0.2) is 95.8 Å². The van der Waals surface area contributed by atoms with Gasteiger partial charge in [-0.1, -0.05) is 48.2 Å². The maximum atomic E-state index is 13.6. The lowest BCUT2D eigenvalue weighted by Gasteiger charge is -2.26. The Morgan fingerprint density at radius 2 is 1.76 bits per heavy atom. The smallest absolute Gasteiger partial charge is 0.307 e. The molecule has 1 N–H and O–H groups in total. The van der Waals surface area contributed by atoms with E-state index >= 15 is 0 Å². The number of carbonyl (C=O) groups excluding carboxylic acids is 1. The van der Waals surface area contributed by atoms with Crippen molar-refractivity contribution in [2.75, 3.05) is 59.7 Å². The van der Waals surface area contributed by atoms with Crippen molar-refractivity contribution in [3.05, 3.63) is 89.0 Å². The summed E-state index contributed by atoms with van der Waals surface area (Å²) in [5.74, 6) is 0.557. The van der Waals surface area contributed by atoms with E-state index in [1.54, 1.807) is 29.3 Å². The van der Waals surface area contributed by atoms with E-state index in [1.807, 2.05) is 48.5 Å². The van der Waals surface area contributed by atoms with E-state index < -0.39 is 5.97 Å². The van der Waals surface area contributed by atoms with Crippen molar-refractivity contribution in [3.8, 4) is 28.4 Å². The number of aliphatic carboxylic acids is 1. The Bertz CT molecular complexity index is 1880. The van der Waals surface area contributed by atoms with Gasteiger partial charge in [-0.15, -0.1) is 0 Å². The number of hydrogen-bond donors (Lipinski definition) is 1. The van der Waals surface area contributed by atoms with E-state index in [-0.39, 0.29) is 18.9 Å². The molecule has 0 saturated carbocycles. The second-order valence-corrected chi connectivity index (χ2v) is 13.2. The first-order valence-corrected chi connectivity index (χ1v) is 17.3. The van der Waals surface area contributed by atoms with Crippen LogP contribution in [-0.2, 0) is 20.7 Å². The molecule has 0 bridgehead atoms. The summed E-state index contributed by atoms with van der Waals surface area (Å²) in [6.07, 6.45) is 4.04. The fourth-order valence-electron chi connectivity index (χ4n) is 5.69. The Morgan fingerprint density at radius 3 is 2.57 bits per heavy atom. The van der Waals surface area contributed by atoms with Gasteiger partial charge in [0.1, 0.15) is 16.7 Å². The average molecular weight is 700 g/mol. The first kappa shape index (κ1) is 34.4. The van der Waals surface area contributed by atoms with Crippen LogP contribution in [0.25, 0.3) is 28.1 Å². The summed E-state index contributed by atoms with van der Waals surface area (Å²) in [5.41, 5.74) is 4.36. The van der Waals surface area contributed by atoms with Gasteiger partial charge in [0.15, 0.2) is 11.5 Å². The van der Waals surface area contributed by atoms with Crippen LogP contribution in [0, 0.1) is 0 Å². The molecule has 2 saturated heterocycles. The minimum atomic E-state index is -0.928. The number of thioether (sulfide) groups is 1. The van der Waals surface area contributed by atoms with Crippen molar-refractivity contribution in [2.45, 2.75) is 12.8 Å². The number of benzene rings is 3. The first-order valence-electron chi connectivity index (χ1n) is 16.1. The van der Waals surface area contributed by atoms with Gasteiger partial charge >= 0.3 is 5.97 Å². The number of amides is 1. The van der Waals surface area contributed by atoms with E-state index in [0.717, 1.165) is 60.4 Å². The Morgan fingerprint density at radius 1 is 0.980 bits per heavy atom. The van der Waals surface area contributed by atoms with Crippen LogP contribution < -0.4 is 14.2 Å². The molecule has 6 rings (SSSR count). The maximum absolute atomic E-state index is 13.6. The SMILES string of the molecule is COc1ccc(CC(=O)O)cc1OCCCN1C(=O)C(=Cc2cc(-c3ccc4ncccc4c3)ccc2OCCN2CCOCC2)SC1=S. The number of carboxylic acid groups (broad SMARTS) is 1. The lowest BCUT2D eigenvalue weighted by molar-refractivity contribution is -0.136. The molecular weight excluding hydrogens is 663 g/mol. The van der Waals surface area contributed by atoms with E-state index in [4.69, 9.17) is 36.3 Å². The zero-order chi connectivity index (χ0) is 34.2. The van der Waals surface area contributed by atoms with Gasteiger partial charge in [0.05, 0.1) is 43.8 Å². The third-order valence-electron chi connectivity index (χ3n) is 8.24. The van der Waals surface area contributed by atoms with Crippen LogP contribution >= 0.6 is 24.0 Å². The van der Waals surface area contributed by atoms with Crippen molar-refractivity contribution in [3.63, 3.8) is 0 Å². The molecular formula is C37H37N3O7S2. The molecule has 4 aromatic rings. The standard InChI is InChI=1S/C37H37N3O7S2/c1-44-32-9-5-25(21-35(41)42)20-33(32)46-16-3-12-40-36(43)34(49-37(40)48)24-29-23-27(26-6-8-30-28(22-26)4-2-11-38-30)7-10-31(29)47-19-15-39-13-17-45-18-14-39/h2,4-11,20,22-24H,3,12-19,21H2,1H3,(H,41,42). The minimum absolute atomic E-state index is 0.119. The highest BCUT2D eigenvalue weighted by atomic mass is 32.2. The summed E-state index contributed by atoms with van der Waals surface area (Å²) < 4.78 is 23.6. The van der Waals surface area contributed by atoms with Gasteiger partial charge in [0.2, 0.25) is 0 Å². The van der Waals surface area contributed by atoms with E-state index in [2.05, 4.69) is 16.0 Å². The van der Waals surface area contributed by atoms with Gasteiger partial charge in [-0.05, 0) is 71.7 Å². The molecule has 254 valence electrons. The zero-order valence-corrected chi connectivity index (χ0v) is 28.8.